The number of piperidine rings is 1. The van der Waals surface area contributed by atoms with Gasteiger partial charge in [0.2, 0.25) is 0 Å². The monoisotopic (exact) mass is 304 g/mol. The molecule has 4 N–H and O–H groups in total. The first-order valence-electron chi connectivity index (χ1n) is 7.74. The van der Waals surface area contributed by atoms with Gasteiger partial charge < -0.3 is 21.3 Å². The minimum Gasteiger partial charge on any atom is -0.348 e. The number of para-hydroxylation sites is 1. The maximum absolute atomic E-state index is 12.4. The summed E-state index contributed by atoms with van der Waals surface area (Å²) in [6.45, 7) is 5.55. The van der Waals surface area contributed by atoms with Gasteiger partial charge in [0.15, 0.2) is 0 Å². The van der Waals surface area contributed by atoms with Gasteiger partial charge in [-0.05, 0) is 45.4 Å². The van der Waals surface area contributed by atoms with Crippen molar-refractivity contribution in [3.8, 4) is 0 Å². The average Bonchev–Trinajstić information content (AvgIpc) is 2.47. The summed E-state index contributed by atoms with van der Waals surface area (Å²) in [6, 6.07) is 6.90. The van der Waals surface area contributed by atoms with Crippen LogP contribution < -0.4 is 21.3 Å². The lowest BCUT2D eigenvalue weighted by atomic mass is 10.1. The summed E-state index contributed by atoms with van der Waals surface area (Å²) < 4.78 is 0. The maximum Gasteiger partial charge on any atom is 0.319 e. The first kappa shape index (κ1) is 16.3. The molecule has 1 aliphatic heterocycles. The smallest absolute Gasteiger partial charge is 0.319 e. The zero-order valence-corrected chi connectivity index (χ0v) is 13.1. The van der Waals surface area contributed by atoms with Crippen molar-refractivity contribution in [3.05, 3.63) is 29.8 Å². The van der Waals surface area contributed by atoms with Crippen LogP contribution in [-0.4, -0.2) is 37.1 Å². The second-order valence-electron chi connectivity index (χ2n) is 5.82. The van der Waals surface area contributed by atoms with E-state index < -0.39 is 0 Å². The van der Waals surface area contributed by atoms with Crippen LogP contribution in [0.2, 0.25) is 0 Å². The van der Waals surface area contributed by atoms with Gasteiger partial charge in [0, 0.05) is 18.6 Å². The van der Waals surface area contributed by atoms with Crippen molar-refractivity contribution in [1.29, 1.82) is 0 Å². The number of rotatable bonds is 4. The van der Waals surface area contributed by atoms with Gasteiger partial charge in [-0.15, -0.1) is 0 Å². The van der Waals surface area contributed by atoms with Gasteiger partial charge in [0.1, 0.15) is 0 Å². The summed E-state index contributed by atoms with van der Waals surface area (Å²) in [4.78, 5) is 24.3. The van der Waals surface area contributed by atoms with Crippen molar-refractivity contribution in [2.45, 2.75) is 38.8 Å². The summed E-state index contributed by atoms with van der Waals surface area (Å²) in [7, 11) is 0. The van der Waals surface area contributed by atoms with Crippen LogP contribution in [0.25, 0.3) is 0 Å². The van der Waals surface area contributed by atoms with E-state index in [1.807, 2.05) is 13.8 Å². The molecule has 6 heteroatoms. The molecule has 1 saturated heterocycles. The molecule has 1 unspecified atom stereocenters. The fraction of sp³-hybridized carbons (Fsp3) is 0.500. The number of carbonyl (C=O) groups is 2. The van der Waals surface area contributed by atoms with Crippen LogP contribution in [0.1, 0.15) is 37.0 Å². The minimum absolute atomic E-state index is 0.0364. The van der Waals surface area contributed by atoms with E-state index in [9.17, 15) is 9.59 Å². The molecule has 1 atom stereocenters. The molecule has 2 rings (SSSR count). The zero-order valence-electron chi connectivity index (χ0n) is 13.1. The largest absolute Gasteiger partial charge is 0.348 e. The van der Waals surface area contributed by atoms with Gasteiger partial charge in [-0.3, -0.25) is 4.79 Å². The molecule has 120 valence electrons. The summed E-state index contributed by atoms with van der Waals surface area (Å²) in [5.41, 5.74) is 0.994. The Bertz CT molecular complexity index is 525. The second kappa shape index (κ2) is 7.79. The van der Waals surface area contributed by atoms with E-state index in [0.29, 0.717) is 11.3 Å². The Hall–Kier alpha value is -2.08. The van der Waals surface area contributed by atoms with Crippen LogP contribution >= 0.6 is 0 Å². The fourth-order valence-electron chi connectivity index (χ4n) is 2.45. The molecular formula is C16H24N4O2. The highest BCUT2D eigenvalue weighted by molar-refractivity contribution is 6.03. The van der Waals surface area contributed by atoms with Crippen molar-refractivity contribution in [1.82, 2.24) is 16.0 Å². The predicted molar refractivity (Wildman–Crippen MR) is 87.1 cm³/mol. The topological polar surface area (TPSA) is 82.3 Å². The molecule has 0 saturated carbocycles. The normalized spacial score (nSPS) is 17.9. The summed E-state index contributed by atoms with van der Waals surface area (Å²) in [5, 5.41) is 11.8. The molecule has 1 heterocycles. The zero-order chi connectivity index (χ0) is 15.9. The second-order valence-corrected chi connectivity index (χ2v) is 5.82. The van der Waals surface area contributed by atoms with Crippen LogP contribution in [0, 0.1) is 0 Å². The van der Waals surface area contributed by atoms with E-state index >= 15 is 0 Å². The van der Waals surface area contributed by atoms with E-state index in [4.69, 9.17) is 0 Å². The fourth-order valence-corrected chi connectivity index (χ4v) is 2.45. The third-order valence-electron chi connectivity index (χ3n) is 3.47. The van der Waals surface area contributed by atoms with Crippen molar-refractivity contribution in [3.63, 3.8) is 0 Å². The van der Waals surface area contributed by atoms with Crippen molar-refractivity contribution in [2.24, 2.45) is 0 Å². The lowest BCUT2D eigenvalue weighted by Gasteiger charge is -2.24. The van der Waals surface area contributed by atoms with Gasteiger partial charge in [-0.2, -0.15) is 0 Å². The third kappa shape index (κ3) is 4.73. The van der Waals surface area contributed by atoms with E-state index in [1.165, 1.54) is 0 Å². The Balaban J connectivity index is 2.03. The molecule has 1 aromatic carbocycles. The lowest BCUT2D eigenvalue weighted by molar-refractivity contribution is 0.0931. The van der Waals surface area contributed by atoms with E-state index in [0.717, 1.165) is 25.9 Å². The highest BCUT2D eigenvalue weighted by atomic mass is 16.2. The van der Waals surface area contributed by atoms with Gasteiger partial charge in [0.05, 0.1) is 11.3 Å². The number of anilines is 1. The molecule has 0 aliphatic carbocycles. The number of amides is 3. The molecule has 6 nitrogen and oxygen atoms in total. The molecule has 22 heavy (non-hydrogen) atoms. The van der Waals surface area contributed by atoms with Crippen LogP contribution in [0.3, 0.4) is 0 Å². The van der Waals surface area contributed by atoms with Crippen molar-refractivity contribution >= 4 is 17.6 Å². The predicted octanol–water partition coefficient (Wildman–Crippen LogP) is 1.70. The number of benzene rings is 1. The number of hydrogen-bond acceptors (Lipinski definition) is 3. The van der Waals surface area contributed by atoms with Gasteiger partial charge in [-0.1, -0.05) is 12.1 Å². The van der Waals surface area contributed by atoms with Crippen molar-refractivity contribution < 1.29 is 9.59 Å². The Kier molecular flexibility index (Phi) is 5.77. The number of carbonyl (C=O) groups excluding carboxylic acids is 2. The maximum atomic E-state index is 12.4. The van der Waals surface area contributed by atoms with Gasteiger partial charge in [-0.25, -0.2) is 4.79 Å². The van der Waals surface area contributed by atoms with Gasteiger partial charge >= 0.3 is 6.03 Å². The van der Waals surface area contributed by atoms with Crippen LogP contribution in [0.4, 0.5) is 10.5 Å². The molecule has 3 amide bonds. The molecular weight excluding hydrogens is 280 g/mol. The molecule has 1 aromatic rings. The lowest BCUT2D eigenvalue weighted by Crippen LogP contribution is -2.45. The van der Waals surface area contributed by atoms with E-state index in [-0.39, 0.29) is 24.0 Å². The van der Waals surface area contributed by atoms with E-state index in [1.54, 1.807) is 24.3 Å². The average molecular weight is 304 g/mol. The molecule has 1 fully saturated rings. The highest BCUT2D eigenvalue weighted by Gasteiger charge is 2.18. The highest BCUT2D eigenvalue weighted by Crippen LogP contribution is 2.15. The standard InChI is InChI=1S/C16H24N4O2/c1-11(2)18-16(22)20-14-8-4-3-7-13(14)15(21)19-12-6-5-9-17-10-12/h3-4,7-8,11-12,17H,5-6,9-10H2,1-2H3,(H,19,21)(H2,18,20,22). The van der Waals surface area contributed by atoms with Gasteiger partial charge in [0.25, 0.3) is 5.91 Å². The molecule has 0 aromatic heterocycles. The first-order valence-corrected chi connectivity index (χ1v) is 7.74. The molecule has 0 bridgehead atoms. The Morgan fingerprint density at radius 2 is 2.05 bits per heavy atom. The summed E-state index contributed by atoms with van der Waals surface area (Å²) in [5.74, 6) is -0.158. The number of hydrogen-bond donors (Lipinski definition) is 4. The Labute approximate surface area is 131 Å². The summed E-state index contributed by atoms with van der Waals surface area (Å²) >= 11 is 0. The van der Waals surface area contributed by atoms with Crippen LogP contribution in [0.5, 0.6) is 0 Å². The molecule has 1 aliphatic rings. The minimum atomic E-state index is -0.311. The molecule has 0 radical (unpaired) electrons. The van der Waals surface area contributed by atoms with Crippen LogP contribution in [0.15, 0.2) is 24.3 Å². The number of nitrogens with one attached hydrogen (secondary N) is 4. The Morgan fingerprint density at radius 3 is 2.73 bits per heavy atom. The Morgan fingerprint density at radius 1 is 1.27 bits per heavy atom. The first-order chi connectivity index (χ1) is 10.6. The number of urea groups is 1. The SMILES string of the molecule is CC(C)NC(=O)Nc1ccccc1C(=O)NC1CCCNC1. The molecule has 0 spiro atoms. The quantitative estimate of drug-likeness (QED) is 0.683. The van der Waals surface area contributed by atoms with Crippen molar-refractivity contribution in [2.75, 3.05) is 18.4 Å². The van der Waals surface area contributed by atoms with Crippen LogP contribution in [-0.2, 0) is 0 Å². The third-order valence-corrected chi connectivity index (χ3v) is 3.47. The summed E-state index contributed by atoms with van der Waals surface area (Å²) in [6.07, 6.45) is 2.03. The van der Waals surface area contributed by atoms with E-state index in [2.05, 4.69) is 21.3 Å².